The van der Waals surface area contributed by atoms with Gasteiger partial charge in [-0.25, -0.2) is 10.5 Å². The van der Waals surface area contributed by atoms with Gasteiger partial charge in [0.1, 0.15) is 0 Å². The smallest absolute Gasteiger partial charge is 0.243 e. The predicted molar refractivity (Wildman–Crippen MR) is 190 cm³/mol. The van der Waals surface area contributed by atoms with Gasteiger partial charge < -0.3 is 24.5 Å². The fraction of sp³-hybridized carbons (Fsp3) is 0.325. The molecule has 0 unspecified atom stereocenters. The Kier molecular flexibility index (Phi) is 12.0. The number of hydrogen-bond acceptors (Lipinski definition) is 7. The number of benzene rings is 4. The topological polar surface area (TPSA) is 135 Å². The van der Waals surface area contributed by atoms with Crippen LogP contribution in [0, 0.1) is 0 Å². The van der Waals surface area contributed by atoms with Crippen LogP contribution in [0.5, 0.6) is 0 Å². The molecule has 4 aromatic carbocycles. The number of nitrogens with zero attached hydrogens (tertiary/aromatic N) is 2. The molecule has 10 nitrogen and oxygen atoms in total. The number of carbonyl (C=O) groups is 2. The summed E-state index contributed by atoms with van der Waals surface area (Å²) in [6, 6.07) is 32.3. The van der Waals surface area contributed by atoms with Crippen LogP contribution in [0.1, 0.15) is 79.6 Å². The molecule has 4 N–H and O–H groups in total. The third-order valence-corrected chi connectivity index (χ3v) is 9.13. The van der Waals surface area contributed by atoms with Gasteiger partial charge in [-0.15, -0.1) is 0 Å². The molecule has 1 aliphatic rings. The van der Waals surface area contributed by atoms with Crippen molar-refractivity contribution in [3.05, 3.63) is 126 Å². The first-order valence-electron chi connectivity index (χ1n) is 17.3. The van der Waals surface area contributed by atoms with Crippen molar-refractivity contribution in [1.82, 2.24) is 20.3 Å². The normalized spacial score (nSPS) is 17.4. The highest BCUT2D eigenvalue weighted by Crippen LogP contribution is 2.39. The number of rotatable bonds is 15. The summed E-state index contributed by atoms with van der Waals surface area (Å²) in [6.07, 6.45) is 5.42. The van der Waals surface area contributed by atoms with Crippen molar-refractivity contribution < 1.29 is 29.4 Å². The fourth-order valence-electron chi connectivity index (χ4n) is 6.40. The van der Waals surface area contributed by atoms with E-state index in [0.717, 1.165) is 63.7 Å². The van der Waals surface area contributed by atoms with Crippen LogP contribution in [-0.2, 0) is 38.8 Å². The largest absolute Gasteiger partial charge is 0.392 e. The van der Waals surface area contributed by atoms with Crippen molar-refractivity contribution in [2.45, 2.75) is 83.1 Å². The van der Waals surface area contributed by atoms with Crippen LogP contribution in [0.25, 0.3) is 22.2 Å². The number of aliphatic hydroxyl groups is 1. The van der Waals surface area contributed by atoms with Crippen LogP contribution in [0.4, 0.5) is 0 Å². The maximum absolute atomic E-state index is 12.5. The molecular formula is C40H44N4O6. The van der Waals surface area contributed by atoms with Crippen LogP contribution in [-0.4, -0.2) is 37.8 Å². The highest BCUT2D eigenvalue weighted by atomic mass is 16.7. The maximum Gasteiger partial charge on any atom is 0.243 e. The monoisotopic (exact) mass is 676 g/mol. The molecule has 0 radical (unpaired) electrons. The molecule has 6 rings (SSSR count). The minimum Gasteiger partial charge on any atom is -0.392 e. The van der Waals surface area contributed by atoms with Crippen LogP contribution in [0.15, 0.2) is 103 Å². The molecule has 0 bridgehead atoms. The number of nitrogens with one attached hydrogen (secondary N) is 2. The minimum absolute atomic E-state index is 0.00380. The first-order valence-corrected chi connectivity index (χ1v) is 17.3. The molecule has 5 aromatic rings. The Bertz CT molecular complexity index is 1870. The Morgan fingerprint density at radius 2 is 1.52 bits per heavy atom. The number of amides is 2. The van der Waals surface area contributed by atoms with Crippen molar-refractivity contribution >= 4 is 22.8 Å². The first-order chi connectivity index (χ1) is 24.5. The van der Waals surface area contributed by atoms with E-state index in [1.165, 1.54) is 0 Å². The number of imidazole rings is 1. The summed E-state index contributed by atoms with van der Waals surface area (Å²) in [5.74, 6) is -0.386. The molecule has 3 atom stereocenters. The van der Waals surface area contributed by atoms with E-state index in [2.05, 4.69) is 45.2 Å². The predicted octanol–water partition coefficient (Wildman–Crippen LogP) is 6.90. The highest BCUT2D eigenvalue weighted by molar-refractivity contribution is 5.76. The van der Waals surface area contributed by atoms with Gasteiger partial charge in [-0.1, -0.05) is 85.6 Å². The van der Waals surface area contributed by atoms with Crippen LogP contribution in [0.3, 0.4) is 0 Å². The van der Waals surface area contributed by atoms with E-state index in [1.54, 1.807) is 5.48 Å². The third kappa shape index (κ3) is 9.22. The Morgan fingerprint density at radius 3 is 2.30 bits per heavy atom. The van der Waals surface area contributed by atoms with Gasteiger partial charge in [0, 0.05) is 31.4 Å². The zero-order valence-corrected chi connectivity index (χ0v) is 28.0. The molecule has 1 saturated heterocycles. The van der Waals surface area contributed by atoms with Crippen molar-refractivity contribution in [3.63, 3.8) is 0 Å². The molecule has 1 fully saturated rings. The summed E-state index contributed by atoms with van der Waals surface area (Å²) >= 11 is 0. The number of aromatic nitrogens is 2. The van der Waals surface area contributed by atoms with E-state index in [9.17, 15) is 14.7 Å². The number of hydrogen-bond donors (Lipinski definition) is 4. The van der Waals surface area contributed by atoms with E-state index in [1.807, 2.05) is 73.1 Å². The molecule has 260 valence electrons. The molecule has 1 aromatic heterocycles. The highest BCUT2D eigenvalue weighted by Gasteiger charge is 2.33. The molecule has 0 aliphatic carbocycles. The zero-order chi connectivity index (χ0) is 34.7. The van der Waals surface area contributed by atoms with Gasteiger partial charge in [0.25, 0.3) is 0 Å². The van der Waals surface area contributed by atoms with E-state index in [0.29, 0.717) is 32.4 Å². The lowest BCUT2D eigenvalue weighted by Gasteiger charge is -2.36. The standard InChI is InChI=1S/C40H44N4O6/c45-26-28-17-19-30(20-18-28)37-23-34(25-44-27-42-35-13-5-6-14-36(35)44)49-40(50-37)33-12-8-11-32(22-33)31-10-7-9-29(21-31)24-41-38(46)15-3-1-2-4-16-39(47)43-48/h5-14,17-22,27,34,37,40,45,48H,1-4,15-16,23-26H2,(H,41,46)(H,43,47)/t34-,37+,40+/m1/s1. The van der Waals surface area contributed by atoms with Gasteiger partial charge in [0.05, 0.1) is 42.7 Å². The van der Waals surface area contributed by atoms with Crippen molar-refractivity contribution in [2.75, 3.05) is 0 Å². The summed E-state index contributed by atoms with van der Waals surface area (Å²) in [5, 5.41) is 21.2. The number of ether oxygens (including phenoxy) is 2. The summed E-state index contributed by atoms with van der Waals surface area (Å²) in [4.78, 5) is 28.2. The van der Waals surface area contributed by atoms with Gasteiger partial charge in [-0.3, -0.25) is 14.8 Å². The van der Waals surface area contributed by atoms with Crippen molar-refractivity contribution in [2.24, 2.45) is 0 Å². The van der Waals surface area contributed by atoms with Gasteiger partial charge in [-0.2, -0.15) is 0 Å². The Hall–Kier alpha value is -4.87. The van der Waals surface area contributed by atoms with Crippen LogP contribution < -0.4 is 10.8 Å². The lowest BCUT2D eigenvalue weighted by molar-refractivity contribution is -0.252. The van der Waals surface area contributed by atoms with Gasteiger partial charge >= 0.3 is 0 Å². The molecule has 10 heteroatoms. The van der Waals surface area contributed by atoms with Gasteiger partial charge in [-0.05, 0) is 64.9 Å². The minimum atomic E-state index is -0.597. The number of unbranched alkanes of at least 4 members (excludes halogenated alkanes) is 3. The number of fused-ring (bicyclic) bond motifs is 1. The first kappa shape index (κ1) is 35.0. The zero-order valence-electron chi connectivity index (χ0n) is 28.0. The molecular weight excluding hydrogens is 632 g/mol. The Labute approximate surface area is 292 Å². The molecule has 2 heterocycles. The summed E-state index contributed by atoms with van der Waals surface area (Å²) in [6.45, 7) is 1.05. The number of para-hydroxylation sites is 2. The second-order valence-electron chi connectivity index (χ2n) is 12.8. The number of aliphatic hydroxyl groups excluding tert-OH is 1. The Morgan fingerprint density at radius 1 is 0.780 bits per heavy atom. The van der Waals surface area contributed by atoms with Gasteiger partial charge in [0.2, 0.25) is 11.8 Å². The van der Waals surface area contributed by atoms with E-state index in [-0.39, 0.29) is 37.0 Å². The average molecular weight is 677 g/mol. The van der Waals surface area contributed by atoms with Crippen molar-refractivity contribution in [1.29, 1.82) is 0 Å². The number of carbonyl (C=O) groups excluding carboxylic acids is 2. The van der Waals surface area contributed by atoms with Crippen molar-refractivity contribution in [3.8, 4) is 11.1 Å². The quantitative estimate of drug-likeness (QED) is 0.0538. The second kappa shape index (κ2) is 17.2. The lowest BCUT2D eigenvalue weighted by Crippen LogP contribution is -2.32. The molecule has 0 saturated carbocycles. The summed E-state index contributed by atoms with van der Waals surface area (Å²) in [5.41, 5.74) is 9.49. The van der Waals surface area contributed by atoms with Crippen LogP contribution in [0.2, 0.25) is 0 Å². The lowest BCUT2D eigenvalue weighted by atomic mass is 9.98. The van der Waals surface area contributed by atoms with Crippen LogP contribution >= 0.6 is 0 Å². The SMILES string of the molecule is O=C(CCCCCCC(=O)NCc1cccc(-c2cccc([C@H]3O[C@@H](Cn4cnc5ccccc54)C[C@@H](c4ccc(CO)cc4)O3)c2)c1)NO. The number of hydroxylamine groups is 1. The van der Waals surface area contributed by atoms with E-state index < -0.39 is 6.29 Å². The van der Waals surface area contributed by atoms with Gasteiger partial charge in [0.15, 0.2) is 6.29 Å². The maximum atomic E-state index is 12.5. The average Bonchev–Trinajstić information content (AvgIpc) is 3.57. The van der Waals surface area contributed by atoms with E-state index in [4.69, 9.17) is 14.7 Å². The molecule has 2 amide bonds. The molecule has 1 aliphatic heterocycles. The second-order valence-corrected chi connectivity index (χ2v) is 12.8. The summed E-state index contributed by atoms with van der Waals surface area (Å²) < 4.78 is 15.4. The summed E-state index contributed by atoms with van der Waals surface area (Å²) in [7, 11) is 0. The Balaban J connectivity index is 1.12. The third-order valence-electron chi connectivity index (χ3n) is 9.13. The van der Waals surface area contributed by atoms with E-state index >= 15 is 0 Å². The molecule has 0 spiro atoms. The molecule has 50 heavy (non-hydrogen) atoms. The fourth-order valence-corrected chi connectivity index (χ4v) is 6.40.